The summed E-state index contributed by atoms with van der Waals surface area (Å²) < 4.78 is 0. The summed E-state index contributed by atoms with van der Waals surface area (Å²) in [5.74, 6) is 0.230. The summed E-state index contributed by atoms with van der Waals surface area (Å²) in [6.45, 7) is 2.50. The lowest BCUT2D eigenvalue weighted by molar-refractivity contribution is -0.121. The molecule has 0 unspecified atom stereocenters. The minimum Gasteiger partial charge on any atom is -0.352 e. The Morgan fingerprint density at radius 3 is 2.50 bits per heavy atom. The normalized spacial score (nSPS) is 11.5. The molecule has 2 aromatic carbocycles. The highest BCUT2D eigenvalue weighted by Crippen LogP contribution is 2.22. The van der Waals surface area contributed by atoms with Crippen molar-refractivity contribution < 1.29 is 9.59 Å². The second kappa shape index (κ2) is 8.72. The van der Waals surface area contributed by atoms with Crippen LogP contribution in [0.25, 0.3) is 0 Å². The number of primary amides is 1. The lowest BCUT2D eigenvalue weighted by Gasteiger charge is -2.15. The standard InChI is InChI=1S/C19H23N3O2/c1-2-15(16-8-4-3-5-9-16)12-18(23)21-13-14-7-6-10-17(11-14)22-19(20)24/h3-11,15H,2,12-13H2,1H3,(H,21,23)(H3,20,22,24)/t15-/m0/s1. The predicted octanol–water partition coefficient (Wildman–Crippen LogP) is 3.38. The van der Waals surface area contributed by atoms with Crippen molar-refractivity contribution in [1.29, 1.82) is 0 Å². The highest BCUT2D eigenvalue weighted by Gasteiger charge is 2.13. The third-order valence-corrected chi connectivity index (χ3v) is 3.88. The number of rotatable bonds is 7. The third kappa shape index (κ3) is 5.43. The zero-order chi connectivity index (χ0) is 17.4. The van der Waals surface area contributed by atoms with Gasteiger partial charge in [-0.3, -0.25) is 4.79 Å². The first-order valence-electron chi connectivity index (χ1n) is 8.05. The van der Waals surface area contributed by atoms with Crippen LogP contribution < -0.4 is 16.4 Å². The lowest BCUT2D eigenvalue weighted by atomic mass is 9.93. The summed E-state index contributed by atoms with van der Waals surface area (Å²) in [5, 5.41) is 5.45. The molecule has 2 rings (SSSR count). The molecule has 0 aliphatic heterocycles. The molecule has 0 heterocycles. The van der Waals surface area contributed by atoms with Crippen LogP contribution in [-0.2, 0) is 11.3 Å². The molecule has 0 bridgehead atoms. The van der Waals surface area contributed by atoms with Crippen LogP contribution in [0.1, 0.15) is 36.8 Å². The van der Waals surface area contributed by atoms with E-state index < -0.39 is 6.03 Å². The van der Waals surface area contributed by atoms with E-state index in [-0.39, 0.29) is 11.8 Å². The SMILES string of the molecule is CC[C@@H](CC(=O)NCc1cccc(NC(N)=O)c1)c1ccccc1. The van der Waals surface area contributed by atoms with Gasteiger partial charge in [-0.1, -0.05) is 49.4 Å². The van der Waals surface area contributed by atoms with Crippen LogP contribution in [0.4, 0.5) is 10.5 Å². The molecular formula is C19H23N3O2. The number of carbonyl (C=O) groups excluding carboxylic acids is 2. The minimum atomic E-state index is -0.607. The van der Waals surface area contributed by atoms with Gasteiger partial charge in [0, 0.05) is 18.7 Å². The maximum absolute atomic E-state index is 12.2. The summed E-state index contributed by atoms with van der Waals surface area (Å²) in [4.78, 5) is 23.1. The number of hydrogen-bond acceptors (Lipinski definition) is 2. The van der Waals surface area contributed by atoms with E-state index in [1.54, 1.807) is 12.1 Å². The quantitative estimate of drug-likeness (QED) is 0.729. The van der Waals surface area contributed by atoms with Crippen molar-refractivity contribution in [2.45, 2.75) is 32.2 Å². The maximum atomic E-state index is 12.2. The Morgan fingerprint density at radius 1 is 1.08 bits per heavy atom. The first-order chi connectivity index (χ1) is 11.6. The largest absolute Gasteiger partial charge is 0.352 e. The second-order valence-electron chi connectivity index (χ2n) is 5.69. The van der Waals surface area contributed by atoms with E-state index in [1.807, 2.05) is 30.3 Å². The van der Waals surface area contributed by atoms with Gasteiger partial charge in [-0.25, -0.2) is 4.79 Å². The van der Waals surface area contributed by atoms with Crippen LogP contribution in [0.2, 0.25) is 0 Å². The maximum Gasteiger partial charge on any atom is 0.316 e. The molecule has 0 spiro atoms. The molecule has 5 nitrogen and oxygen atoms in total. The van der Waals surface area contributed by atoms with Gasteiger partial charge in [0.1, 0.15) is 0 Å². The van der Waals surface area contributed by atoms with Gasteiger partial charge < -0.3 is 16.4 Å². The molecule has 4 N–H and O–H groups in total. The zero-order valence-corrected chi connectivity index (χ0v) is 13.8. The van der Waals surface area contributed by atoms with Crippen molar-refractivity contribution in [3.63, 3.8) is 0 Å². The Labute approximate surface area is 142 Å². The first kappa shape index (κ1) is 17.5. The van der Waals surface area contributed by atoms with E-state index in [2.05, 4.69) is 29.7 Å². The van der Waals surface area contributed by atoms with E-state index in [0.717, 1.165) is 12.0 Å². The molecule has 0 aliphatic rings. The molecule has 0 saturated heterocycles. The highest BCUT2D eigenvalue weighted by atomic mass is 16.2. The zero-order valence-electron chi connectivity index (χ0n) is 13.8. The van der Waals surface area contributed by atoms with Gasteiger partial charge in [0.2, 0.25) is 5.91 Å². The van der Waals surface area contributed by atoms with E-state index in [9.17, 15) is 9.59 Å². The average Bonchev–Trinajstić information content (AvgIpc) is 2.58. The summed E-state index contributed by atoms with van der Waals surface area (Å²) in [5.41, 5.74) is 7.81. The van der Waals surface area contributed by atoms with Crippen LogP contribution in [-0.4, -0.2) is 11.9 Å². The Bertz CT molecular complexity index is 686. The molecule has 5 heteroatoms. The van der Waals surface area contributed by atoms with Crippen molar-refractivity contribution >= 4 is 17.6 Å². The Balaban J connectivity index is 1.89. The number of carbonyl (C=O) groups is 2. The fourth-order valence-corrected chi connectivity index (χ4v) is 2.62. The molecule has 2 aromatic rings. The first-order valence-corrected chi connectivity index (χ1v) is 8.05. The summed E-state index contributed by atoms with van der Waals surface area (Å²) in [6, 6.07) is 16.7. The van der Waals surface area contributed by atoms with Gasteiger partial charge in [0.25, 0.3) is 0 Å². The minimum absolute atomic E-state index is 0.0129. The predicted molar refractivity (Wildman–Crippen MR) is 95.6 cm³/mol. The lowest BCUT2D eigenvalue weighted by Crippen LogP contribution is -2.24. The van der Waals surface area contributed by atoms with E-state index in [4.69, 9.17) is 5.73 Å². The van der Waals surface area contributed by atoms with Crippen LogP contribution >= 0.6 is 0 Å². The summed E-state index contributed by atoms with van der Waals surface area (Å²) >= 11 is 0. The van der Waals surface area contributed by atoms with Gasteiger partial charge >= 0.3 is 6.03 Å². The molecular weight excluding hydrogens is 302 g/mol. The van der Waals surface area contributed by atoms with Gasteiger partial charge in [0.05, 0.1) is 0 Å². The van der Waals surface area contributed by atoms with Gasteiger partial charge in [-0.15, -0.1) is 0 Å². The Hall–Kier alpha value is -2.82. The van der Waals surface area contributed by atoms with Crippen molar-refractivity contribution in [3.05, 3.63) is 65.7 Å². The number of hydrogen-bond donors (Lipinski definition) is 3. The molecule has 0 aromatic heterocycles. The number of urea groups is 1. The number of amides is 3. The third-order valence-electron chi connectivity index (χ3n) is 3.88. The molecule has 0 fully saturated rings. The van der Waals surface area contributed by atoms with Crippen molar-refractivity contribution in [3.8, 4) is 0 Å². The monoisotopic (exact) mass is 325 g/mol. The van der Waals surface area contributed by atoms with Crippen molar-refractivity contribution in [2.75, 3.05) is 5.32 Å². The fraction of sp³-hybridized carbons (Fsp3) is 0.263. The molecule has 126 valence electrons. The molecule has 1 atom stereocenters. The topological polar surface area (TPSA) is 84.2 Å². The van der Waals surface area contributed by atoms with E-state index in [1.165, 1.54) is 5.56 Å². The van der Waals surface area contributed by atoms with E-state index >= 15 is 0 Å². The summed E-state index contributed by atoms with van der Waals surface area (Å²) in [6.07, 6.45) is 1.37. The van der Waals surface area contributed by atoms with Crippen LogP contribution in [0, 0.1) is 0 Å². The number of benzene rings is 2. The number of anilines is 1. The second-order valence-corrected chi connectivity index (χ2v) is 5.69. The van der Waals surface area contributed by atoms with Gasteiger partial charge in [-0.2, -0.15) is 0 Å². The number of nitrogens with two attached hydrogens (primary N) is 1. The van der Waals surface area contributed by atoms with E-state index in [0.29, 0.717) is 18.7 Å². The van der Waals surface area contributed by atoms with Crippen LogP contribution in [0.5, 0.6) is 0 Å². The van der Waals surface area contributed by atoms with Gasteiger partial charge in [0.15, 0.2) is 0 Å². The van der Waals surface area contributed by atoms with Crippen LogP contribution in [0.15, 0.2) is 54.6 Å². The smallest absolute Gasteiger partial charge is 0.316 e. The average molecular weight is 325 g/mol. The van der Waals surface area contributed by atoms with Gasteiger partial charge in [-0.05, 0) is 35.6 Å². The van der Waals surface area contributed by atoms with Crippen LogP contribution in [0.3, 0.4) is 0 Å². The van der Waals surface area contributed by atoms with Crippen molar-refractivity contribution in [1.82, 2.24) is 5.32 Å². The molecule has 0 aliphatic carbocycles. The molecule has 24 heavy (non-hydrogen) atoms. The Morgan fingerprint density at radius 2 is 1.83 bits per heavy atom. The van der Waals surface area contributed by atoms with Crippen molar-refractivity contribution in [2.24, 2.45) is 5.73 Å². The molecule has 0 radical (unpaired) electrons. The summed E-state index contributed by atoms with van der Waals surface area (Å²) in [7, 11) is 0. The fourth-order valence-electron chi connectivity index (χ4n) is 2.62. The Kier molecular flexibility index (Phi) is 6.37. The molecule has 0 saturated carbocycles. The number of nitrogens with one attached hydrogen (secondary N) is 2. The molecule has 3 amide bonds. The highest BCUT2D eigenvalue weighted by molar-refractivity contribution is 5.87.